The van der Waals surface area contributed by atoms with E-state index in [0.29, 0.717) is 0 Å². The summed E-state index contributed by atoms with van der Waals surface area (Å²) in [6.45, 7) is 3.79. The van der Waals surface area contributed by atoms with Gasteiger partial charge in [0.05, 0.1) is 10.9 Å². The van der Waals surface area contributed by atoms with E-state index in [1.165, 1.54) is 0 Å². The molecule has 0 atom stereocenters. The molecule has 1 heterocycles. The Bertz CT molecular complexity index is 1370. The highest BCUT2D eigenvalue weighted by molar-refractivity contribution is 5.96. The normalized spacial score (nSPS) is 11.4. The number of ether oxygens (including phenoxy) is 1. The van der Waals surface area contributed by atoms with Crippen LogP contribution in [0.3, 0.4) is 0 Å². The van der Waals surface area contributed by atoms with Crippen molar-refractivity contribution in [1.82, 2.24) is 19.8 Å². The second kappa shape index (κ2) is 9.77. The topological polar surface area (TPSA) is 151 Å². The largest absolute Gasteiger partial charge is 0.480 e. The van der Waals surface area contributed by atoms with E-state index in [9.17, 15) is 29.1 Å². The van der Waals surface area contributed by atoms with Crippen molar-refractivity contribution in [3.63, 3.8) is 0 Å². The fourth-order valence-electron chi connectivity index (χ4n) is 3.43. The first-order valence-corrected chi connectivity index (χ1v) is 10.6. The zero-order valence-corrected chi connectivity index (χ0v) is 19.1. The van der Waals surface area contributed by atoms with Gasteiger partial charge in [-0.1, -0.05) is 24.3 Å². The second-order valence-electron chi connectivity index (χ2n) is 8.70. The molecule has 0 bridgehead atoms. The summed E-state index contributed by atoms with van der Waals surface area (Å²) in [5.74, 6) is -1.92. The molecule has 1 aromatic heterocycles. The van der Waals surface area contributed by atoms with Gasteiger partial charge in [-0.2, -0.15) is 0 Å². The van der Waals surface area contributed by atoms with Crippen molar-refractivity contribution >= 4 is 39.6 Å². The van der Waals surface area contributed by atoms with Crippen LogP contribution in [0.1, 0.15) is 20.8 Å². The average molecular weight is 470 g/mol. The number of aliphatic carboxylic acids is 1. The summed E-state index contributed by atoms with van der Waals surface area (Å²) in [6, 6.07) is 10.5. The highest BCUT2D eigenvalue weighted by Gasteiger charge is 2.21. The van der Waals surface area contributed by atoms with Crippen LogP contribution in [0.15, 0.2) is 46.0 Å². The predicted molar refractivity (Wildman–Crippen MR) is 125 cm³/mol. The molecule has 2 amide bonds. The standard InChI is InChI=1S/C23H26N4O7/c1-23(2,3)34-22(33)24-8-9-26(13-19(29)30)18(28)12-27-17-11-15-7-5-4-6-14(15)10-16(17)20(31)25-21(27)32/h4-7,10-11H,8-9,12-13H2,1-3H3,(H,24,33)(H,29,30)(H,25,31,32). The third kappa shape index (κ3) is 6.00. The van der Waals surface area contributed by atoms with Crippen LogP contribution < -0.4 is 16.6 Å². The number of aromatic nitrogens is 2. The van der Waals surface area contributed by atoms with Gasteiger partial charge >= 0.3 is 17.8 Å². The zero-order chi connectivity index (χ0) is 25.0. The molecular formula is C23H26N4O7. The summed E-state index contributed by atoms with van der Waals surface area (Å²) in [7, 11) is 0. The van der Waals surface area contributed by atoms with Crippen molar-refractivity contribution in [2.24, 2.45) is 0 Å². The molecule has 0 saturated carbocycles. The van der Waals surface area contributed by atoms with Gasteiger partial charge < -0.3 is 20.1 Å². The number of nitrogens with one attached hydrogen (secondary N) is 2. The number of fused-ring (bicyclic) bond motifs is 2. The van der Waals surface area contributed by atoms with Crippen LogP contribution >= 0.6 is 0 Å². The minimum atomic E-state index is -1.25. The molecule has 0 radical (unpaired) electrons. The molecule has 0 unspecified atom stereocenters. The van der Waals surface area contributed by atoms with Crippen LogP contribution in [0.2, 0.25) is 0 Å². The number of aromatic amines is 1. The van der Waals surface area contributed by atoms with Crippen LogP contribution in [-0.4, -0.2) is 62.8 Å². The molecule has 0 saturated heterocycles. The van der Waals surface area contributed by atoms with Gasteiger partial charge in [0.1, 0.15) is 18.7 Å². The lowest BCUT2D eigenvalue weighted by molar-refractivity contribution is -0.144. The van der Waals surface area contributed by atoms with Crippen LogP contribution in [0, 0.1) is 0 Å². The molecular weight excluding hydrogens is 444 g/mol. The lowest BCUT2D eigenvalue weighted by Crippen LogP contribution is -2.45. The Morgan fingerprint density at radius 2 is 1.76 bits per heavy atom. The third-order valence-corrected chi connectivity index (χ3v) is 4.89. The van der Waals surface area contributed by atoms with Crippen molar-refractivity contribution in [3.05, 3.63) is 57.2 Å². The number of alkyl carbamates (subject to hydrolysis) is 1. The van der Waals surface area contributed by atoms with Crippen molar-refractivity contribution in [1.29, 1.82) is 0 Å². The van der Waals surface area contributed by atoms with E-state index >= 15 is 0 Å². The Morgan fingerprint density at radius 1 is 1.12 bits per heavy atom. The first-order chi connectivity index (χ1) is 15.9. The highest BCUT2D eigenvalue weighted by atomic mass is 16.6. The molecule has 11 nitrogen and oxygen atoms in total. The lowest BCUT2D eigenvalue weighted by Gasteiger charge is -2.23. The molecule has 3 rings (SSSR count). The van der Waals surface area contributed by atoms with Crippen molar-refractivity contribution in [2.75, 3.05) is 19.6 Å². The second-order valence-corrected chi connectivity index (χ2v) is 8.70. The number of H-pyrrole nitrogens is 1. The quantitative estimate of drug-likeness (QED) is 0.440. The van der Waals surface area contributed by atoms with Crippen molar-refractivity contribution in [3.8, 4) is 0 Å². The van der Waals surface area contributed by atoms with E-state index in [4.69, 9.17) is 4.74 Å². The number of amides is 2. The zero-order valence-electron chi connectivity index (χ0n) is 19.1. The summed E-state index contributed by atoms with van der Waals surface area (Å²) < 4.78 is 6.22. The molecule has 2 aromatic carbocycles. The van der Waals surface area contributed by atoms with Crippen molar-refractivity contribution in [2.45, 2.75) is 32.9 Å². The third-order valence-electron chi connectivity index (χ3n) is 4.89. The number of hydrogen-bond donors (Lipinski definition) is 3. The monoisotopic (exact) mass is 470 g/mol. The number of carbonyl (C=O) groups excluding carboxylic acids is 2. The Labute approximate surface area is 193 Å². The minimum Gasteiger partial charge on any atom is -0.480 e. The number of hydrogen-bond acceptors (Lipinski definition) is 6. The SMILES string of the molecule is CC(C)(C)OC(=O)NCCN(CC(=O)O)C(=O)Cn1c(=O)[nH]c(=O)c2cc3ccccc3cc21. The summed E-state index contributed by atoms with van der Waals surface area (Å²) in [4.78, 5) is 64.2. The molecule has 0 aliphatic carbocycles. The molecule has 3 aromatic rings. The van der Waals surface area contributed by atoms with Gasteiger partial charge in [-0.15, -0.1) is 0 Å². The number of rotatable bonds is 7. The molecule has 11 heteroatoms. The van der Waals surface area contributed by atoms with Gasteiger partial charge in [0, 0.05) is 13.1 Å². The van der Waals surface area contributed by atoms with Crippen LogP contribution in [0.4, 0.5) is 4.79 Å². The molecule has 0 aliphatic rings. The molecule has 0 aliphatic heterocycles. The predicted octanol–water partition coefficient (Wildman–Crippen LogP) is 1.28. The summed E-state index contributed by atoms with van der Waals surface area (Å²) in [6.07, 6.45) is -0.704. The van der Waals surface area contributed by atoms with E-state index in [-0.39, 0.29) is 24.0 Å². The van der Waals surface area contributed by atoms with Gasteiger partial charge in [0.15, 0.2) is 0 Å². The Balaban J connectivity index is 1.86. The fraction of sp³-hybridized carbons (Fsp3) is 0.348. The molecule has 0 spiro atoms. The van der Waals surface area contributed by atoms with E-state index in [2.05, 4.69) is 10.3 Å². The first kappa shape index (κ1) is 24.5. The molecule has 34 heavy (non-hydrogen) atoms. The minimum absolute atomic E-state index is 0.0557. The van der Waals surface area contributed by atoms with Gasteiger partial charge in [0.25, 0.3) is 5.56 Å². The van der Waals surface area contributed by atoms with Crippen LogP contribution in [0.5, 0.6) is 0 Å². The summed E-state index contributed by atoms with van der Waals surface area (Å²) in [5, 5.41) is 13.5. The summed E-state index contributed by atoms with van der Waals surface area (Å²) in [5.41, 5.74) is -1.83. The molecule has 3 N–H and O–H groups in total. The van der Waals surface area contributed by atoms with Gasteiger partial charge in [-0.3, -0.25) is 23.9 Å². The maximum atomic E-state index is 13.0. The maximum absolute atomic E-state index is 13.0. The number of carbonyl (C=O) groups is 3. The van der Waals surface area contributed by atoms with Gasteiger partial charge in [0.2, 0.25) is 5.91 Å². The first-order valence-electron chi connectivity index (χ1n) is 10.6. The fourth-order valence-corrected chi connectivity index (χ4v) is 3.43. The van der Waals surface area contributed by atoms with Gasteiger partial charge in [-0.05, 0) is 43.7 Å². The van der Waals surface area contributed by atoms with Crippen LogP contribution in [0.25, 0.3) is 21.7 Å². The summed E-state index contributed by atoms with van der Waals surface area (Å²) >= 11 is 0. The van der Waals surface area contributed by atoms with E-state index in [1.54, 1.807) is 39.0 Å². The van der Waals surface area contributed by atoms with E-state index in [1.807, 2.05) is 18.2 Å². The number of benzene rings is 2. The van der Waals surface area contributed by atoms with E-state index < -0.39 is 47.9 Å². The lowest BCUT2D eigenvalue weighted by atomic mass is 10.1. The molecule has 180 valence electrons. The highest BCUT2D eigenvalue weighted by Crippen LogP contribution is 2.19. The Kier molecular flexibility index (Phi) is 7.04. The Morgan fingerprint density at radius 3 is 2.38 bits per heavy atom. The maximum Gasteiger partial charge on any atom is 0.407 e. The Hall–Kier alpha value is -4.15. The van der Waals surface area contributed by atoms with E-state index in [0.717, 1.165) is 20.2 Å². The average Bonchev–Trinajstić information content (AvgIpc) is 2.73. The number of nitrogens with zero attached hydrogens (tertiary/aromatic N) is 2. The molecule has 0 fully saturated rings. The van der Waals surface area contributed by atoms with Gasteiger partial charge in [-0.25, -0.2) is 9.59 Å². The smallest absolute Gasteiger partial charge is 0.407 e. The van der Waals surface area contributed by atoms with Crippen molar-refractivity contribution < 1.29 is 24.2 Å². The number of carboxylic acids is 1. The number of carboxylic acid groups (broad SMARTS) is 1. The van der Waals surface area contributed by atoms with Crippen LogP contribution in [-0.2, 0) is 20.9 Å².